The highest BCUT2D eigenvalue weighted by Gasteiger charge is 2.20. The van der Waals surface area contributed by atoms with Crippen LogP contribution in [0.3, 0.4) is 0 Å². The average Bonchev–Trinajstić information content (AvgIpc) is 2.49. The van der Waals surface area contributed by atoms with Gasteiger partial charge in [-0.15, -0.1) is 0 Å². The van der Waals surface area contributed by atoms with Crippen molar-refractivity contribution in [3.63, 3.8) is 0 Å². The molecule has 0 aliphatic rings. The average molecular weight is 199 g/mol. The van der Waals surface area contributed by atoms with E-state index in [1.165, 1.54) is 0 Å². The highest BCUT2D eigenvalue weighted by Crippen LogP contribution is 2.15. The van der Waals surface area contributed by atoms with Gasteiger partial charge in [0.25, 0.3) is 0 Å². The molecular formula is C9H17N3O2. The van der Waals surface area contributed by atoms with E-state index in [4.69, 9.17) is 10.3 Å². The second-order valence-electron chi connectivity index (χ2n) is 3.73. The molecule has 14 heavy (non-hydrogen) atoms. The number of aliphatic hydroxyl groups excluding tert-OH is 1. The summed E-state index contributed by atoms with van der Waals surface area (Å²) in [6.07, 6.45) is -0.769. The van der Waals surface area contributed by atoms with Crippen LogP contribution in [0.4, 0.5) is 0 Å². The number of likely N-dealkylation sites (N-methyl/N-ethyl adjacent to an activating group) is 1. The molecule has 5 heteroatoms. The summed E-state index contributed by atoms with van der Waals surface area (Å²) in [4.78, 5) is 1.92. The Morgan fingerprint density at radius 1 is 1.64 bits per heavy atom. The minimum absolute atomic E-state index is 0.352. The van der Waals surface area contributed by atoms with Crippen LogP contribution < -0.4 is 5.73 Å². The molecule has 0 aliphatic carbocycles. The molecule has 3 N–H and O–H groups in total. The van der Waals surface area contributed by atoms with Gasteiger partial charge in [0.2, 0.25) is 0 Å². The second kappa shape index (κ2) is 4.54. The van der Waals surface area contributed by atoms with Crippen LogP contribution in [0.25, 0.3) is 0 Å². The molecule has 1 aromatic rings. The molecule has 0 saturated heterocycles. The van der Waals surface area contributed by atoms with Crippen LogP contribution in [0.5, 0.6) is 0 Å². The van der Waals surface area contributed by atoms with Gasteiger partial charge in [-0.25, -0.2) is 0 Å². The maximum Gasteiger partial charge on any atom is 0.134 e. The second-order valence-corrected chi connectivity index (χ2v) is 3.73. The van der Waals surface area contributed by atoms with Crippen LogP contribution >= 0.6 is 0 Å². The van der Waals surface area contributed by atoms with Gasteiger partial charge in [-0.2, -0.15) is 0 Å². The van der Waals surface area contributed by atoms with E-state index < -0.39 is 6.10 Å². The first kappa shape index (κ1) is 11.2. The van der Waals surface area contributed by atoms with Crippen molar-refractivity contribution in [2.45, 2.75) is 19.1 Å². The molecule has 0 aliphatic heterocycles. The summed E-state index contributed by atoms with van der Waals surface area (Å²) in [5.41, 5.74) is 6.28. The van der Waals surface area contributed by atoms with Crippen molar-refractivity contribution in [3.05, 3.63) is 17.5 Å². The molecule has 80 valence electrons. The number of aliphatic hydroxyl groups is 1. The van der Waals surface area contributed by atoms with Gasteiger partial charge in [0, 0.05) is 18.7 Å². The van der Waals surface area contributed by atoms with E-state index in [9.17, 15) is 5.11 Å². The van der Waals surface area contributed by atoms with E-state index in [0.717, 1.165) is 0 Å². The third-order valence-corrected chi connectivity index (χ3v) is 1.93. The van der Waals surface area contributed by atoms with Crippen molar-refractivity contribution < 1.29 is 9.63 Å². The summed E-state index contributed by atoms with van der Waals surface area (Å²) in [7, 11) is 3.81. The van der Waals surface area contributed by atoms with Crippen LogP contribution in [0.2, 0.25) is 0 Å². The number of nitrogens with zero attached hydrogens (tertiary/aromatic N) is 2. The summed E-state index contributed by atoms with van der Waals surface area (Å²) in [6.45, 7) is 2.38. The Bertz CT molecular complexity index is 285. The monoisotopic (exact) mass is 199 g/mol. The van der Waals surface area contributed by atoms with E-state index in [0.29, 0.717) is 18.0 Å². The van der Waals surface area contributed by atoms with Crippen molar-refractivity contribution in [1.82, 2.24) is 10.1 Å². The highest BCUT2D eigenvalue weighted by molar-refractivity contribution is 5.08. The van der Waals surface area contributed by atoms with Crippen molar-refractivity contribution in [1.29, 1.82) is 0 Å². The van der Waals surface area contributed by atoms with Gasteiger partial charge in [0.15, 0.2) is 0 Å². The Morgan fingerprint density at radius 2 is 2.29 bits per heavy atom. The van der Waals surface area contributed by atoms with Gasteiger partial charge in [-0.05, 0) is 21.0 Å². The van der Waals surface area contributed by atoms with Crippen molar-refractivity contribution in [2.24, 2.45) is 5.73 Å². The van der Waals surface area contributed by atoms with Gasteiger partial charge < -0.3 is 20.3 Å². The molecule has 1 aromatic heterocycles. The third kappa shape index (κ3) is 2.80. The molecule has 1 heterocycles. The van der Waals surface area contributed by atoms with Gasteiger partial charge in [0.1, 0.15) is 17.6 Å². The zero-order valence-corrected chi connectivity index (χ0v) is 8.77. The predicted octanol–water partition coefficient (Wildman–Crippen LogP) is -0.0947. The largest absolute Gasteiger partial charge is 0.385 e. The summed E-state index contributed by atoms with van der Waals surface area (Å²) < 4.78 is 4.86. The fourth-order valence-corrected chi connectivity index (χ4v) is 1.27. The number of rotatable bonds is 4. The smallest absolute Gasteiger partial charge is 0.134 e. The number of aryl methyl sites for hydroxylation is 1. The molecular weight excluding hydrogens is 182 g/mol. The van der Waals surface area contributed by atoms with E-state index >= 15 is 0 Å². The van der Waals surface area contributed by atoms with Gasteiger partial charge >= 0.3 is 0 Å². The molecule has 0 bridgehead atoms. The number of hydrogen-bond acceptors (Lipinski definition) is 5. The first-order chi connectivity index (χ1) is 6.50. The van der Waals surface area contributed by atoms with E-state index in [1.807, 2.05) is 19.0 Å². The molecule has 0 amide bonds. The van der Waals surface area contributed by atoms with Crippen LogP contribution in [0.15, 0.2) is 10.6 Å². The molecule has 2 unspecified atom stereocenters. The van der Waals surface area contributed by atoms with Crippen molar-refractivity contribution in [2.75, 3.05) is 20.6 Å². The lowest BCUT2D eigenvalue weighted by atomic mass is 10.1. The number of nitrogens with two attached hydrogens (primary N) is 1. The first-order valence-corrected chi connectivity index (χ1v) is 4.52. The third-order valence-electron chi connectivity index (χ3n) is 1.93. The summed E-state index contributed by atoms with van der Waals surface area (Å²) in [6, 6.07) is 1.34. The van der Waals surface area contributed by atoms with Crippen LogP contribution in [-0.4, -0.2) is 41.8 Å². The van der Waals surface area contributed by atoms with Crippen molar-refractivity contribution in [3.8, 4) is 0 Å². The normalized spacial score (nSPS) is 15.9. The Hall–Kier alpha value is -0.910. The molecule has 0 radical (unpaired) electrons. The number of aromatic nitrogens is 1. The molecule has 2 atom stereocenters. The topological polar surface area (TPSA) is 75.5 Å². The predicted molar refractivity (Wildman–Crippen MR) is 52.7 cm³/mol. The zero-order chi connectivity index (χ0) is 10.7. The minimum atomic E-state index is -0.769. The molecule has 0 saturated carbocycles. The molecule has 0 spiro atoms. The van der Waals surface area contributed by atoms with Crippen LogP contribution in [0.1, 0.15) is 17.6 Å². The Morgan fingerprint density at radius 3 is 2.71 bits per heavy atom. The van der Waals surface area contributed by atoms with E-state index in [2.05, 4.69) is 5.16 Å². The van der Waals surface area contributed by atoms with Crippen molar-refractivity contribution >= 4 is 0 Å². The lowest BCUT2D eigenvalue weighted by Crippen LogP contribution is -2.38. The SMILES string of the molecule is Cc1cc(C(O)C(N)CN(C)C)no1. The summed E-state index contributed by atoms with van der Waals surface area (Å²) in [5.74, 6) is 0.677. The molecule has 1 rings (SSSR count). The maximum absolute atomic E-state index is 9.78. The Labute approximate surface area is 83.5 Å². The minimum Gasteiger partial charge on any atom is -0.385 e. The lowest BCUT2D eigenvalue weighted by molar-refractivity contribution is 0.123. The molecule has 5 nitrogen and oxygen atoms in total. The summed E-state index contributed by atoms with van der Waals surface area (Å²) in [5, 5.41) is 13.5. The summed E-state index contributed by atoms with van der Waals surface area (Å²) >= 11 is 0. The fraction of sp³-hybridized carbons (Fsp3) is 0.667. The molecule has 0 fully saturated rings. The van der Waals surface area contributed by atoms with Gasteiger partial charge in [-0.3, -0.25) is 0 Å². The highest BCUT2D eigenvalue weighted by atomic mass is 16.5. The zero-order valence-electron chi connectivity index (χ0n) is 8.77. The van der Waals surface area contributed by atoms with Crippen LogP contribution in [-0.2, 0) is 0 Å². The maximum atomic E-state index is 9.78. The van der Waals surface area contributed by atoms with Gasteiger partial charge in [-0.1, -0.05) is 5.16 Å². The van der Waals surface area contributed by atoms with E-state index in [1.54, 1.807) is 13.0 Å². The van der Waals surface area contributed by atoms with E-state index in [-0.39, 0.29) is 6.04 Å². The molecule has 0 aromatic carbocycles. The Balaban J connectivity index is 2.60. The standard InChI is InChI=1S/C9H17N3O2/c1-6-4-8(11-14-6)9(13)7(10)5-12(2)3/h4,7,9,13H,5,10H2,1-3H3. The first-order valence-electron chi connectivity index (χ1n) is 4.52. The van der Waals surface area contributed by atoms with Gasteiger partial charge in [0.05, 0.1) is 0 Å². The fourth-order valence-electron chi connectivity index (χ4n) is 1.27. The number of hydrogen-bond donors (Lipinski definition) is 2. The quantitative estimate of drug-likeness (QED) is 0.708. The van der Waals surface area contributed by atoms with Crippen LogP contribution in [0, 0.1) is 6.92 Å². The lowest BCUT2D eigenvalue weighted by Gasteiger charge is -2.20. The Kier molecular flexibility index (Phi) is 3.62.